The Labute approximate surface area is 101 Å². The first kappa shape index (κ1) is 12.4. The zero-order valence-corrected chi connectivity index (χ0v) is 10.0. The number of hydrogen-bond acceptors (Lipinski definition) is 2. The van der Waals surface area contributed by atoms with E-state index in [-0.39, 0.29) is 17.3 Å². The van der Waals surface area contributed by atoms with Crippen molar-refractivity contribution < 1.29 is 19.8 Å². The number of carboxylic acid groups (broad SMARTS) is 2. The van der Waals surface area contributed by atoms with E-state index in [0.29, 0.717) is 12.8 Å². The van der Waals surface area contributed by atoms with Gasteiger partial charge < -0.3 is 10.2 Å². The van der Waals surface area contributed by atoms with Gasteiger partial charge in [0.15, 0.2) is 0 Å². The fourth-order valence-corrected chi connectivity index (χ4v) is 3.84. The maximum absolute atomic E-state index is 11.4. The highest BCUT2D eigenvalue weighted by Gasteiger charge is 2.48. The Morgan fingerprint density at radius 3 is 2.29 bits per heavy atom. The van der Waals surface area contributed by atoms with Gasteiger partial charge in [-0.25, -0.2) is 0 Å². The number of carboxylic acids is 2. The van der Waals surface area contributed by atoms with Gasteiger partial charge in [-0.05, 0) is 37.5 Å². The van der Waals surface area contributed by atoms with Crippen molar-refractivity contribution in [3.63, 3.8) is 0 Å². The molecule has 96 valence electrons. The van der Waals surface area contributed by atoms with Crippen molar-refractivity contribution in [3.8, 4) is 0 Å². The Morgan fingerprint density at radius 1 is 0.941 bits per heavy atom. The molecule has 0 unspecified atom stereocenters. The molecule has 17 heavy (non-hydrogen) atoms. The van der Waals surface area contributed by atoms with E-state index in [1.165, 1.54) is 0 Å². The second-order valence-electron chi connectivity index (χ2n) is 5.63. The number of hydrogen-bond donors (Lipinski definition) is 2. The van der Waals surface area contributed by atoms with Crippen LogP contribution in [0.2, 0.25) is 0 Å². The molecule has 4 nitrogen and oxygen atoms in total. The Hall–Kier alpha value is -1.06. The number of carbonyl (C=O) groups is 2. The summed E-state index contributed by atoms with van der Waals surface area (Å²) in [4.78, 5) is 22.5. The minimum absolute atomic E-state index is 0.231. The second kappa shape index (κ2) is 4.67. The first-order valence-corrected chi connectivity index (χ1v) is 6.51. The Morgan fingerprint density at radius 2 is 1.65 bits per heavy atom. The molecule has 2 aliphatic rings. The molecule has 0 radical (unpaired) electrons. The highest BCUT2D eigenvalue weighted by molar-refractivity contribution is 5.73. The lowest BCUT2D eigenvalue weighted by atomic mass is 9.57. The van der Waals surface area contributed by atoms with Gasteiger partial charge in [-0.2, -0.15) is 0 Å². The van der Waals surface area contributed by atoms with Crippen LogP contribution in [0.1, 0.15) is 51.4 Å². The molecule has 0 aromatic carbocycles. The molecular formula is C13H20O4. The van der Waals surface area contributed by atoms with E-state index in [1.54, 1.807) is 0 Å². The first-order valence-electron chi connectivity index (χ1n) is 6.51. The molecule has 0 heterocycles. The SMILES string of the molecule is O=C(O)[C@@H]1CCC[C@@]2(CCCC[C@@H]2C(=O)O)C1. The van der Waals surface area contributed by atoms with Gasteiger partial charge in [-0.1, -0.05) is 19.3 Å². The molecule has 0 aliphatic heterocycles. The van der Waals surface area contributed by atoms with E-state index in [2.05, 4.69) is 0 Å². The summed E-state index contributed by atoms with van der Waals surface area (Å²) in [6.45, 7) is 0. The van der Waals surface area contributed by atoms with Gasteiger partial charge in [0, 0.05) is 0 Å². The van der Waals surface area contributed by atoms with E-state index in [4.69, 9.17) is 5.11 Å². The van der Waals surface area contributed by atoms with Crippen LogP contribution in [-0.4, -0.2) is 22.2 Å². The molecule has 2 N–H and O–H groups in total. The minimum atomic E-state index is -0.751. The quantitative estimate of drug-likeness (QED) is 0.777. The molecule has 1 spiro atoms. The van der Waals surface area contributed by atoms with Crippen LogP contribution in [0.15, 0.2) is 0 Å². The first-order chi connectivity index (χ1) is 8.05. The summed E-state index contributed by atoms with van der Waals surface area (Å²) in [6.07, 6.45) is 6.68. The minimum Gasteiger partial charge on any atom is -0.481 e. The zero-order chi connectivity index (χ0) is 12.5. The van der Waals surface area contributed by atoms with Crippen LogP contribution in [0.4, 0.5) is 0 Å². The van der Waals surface area contributed by atoms with Crippen LogP contribution in [0, 0.1) is 17.3 Å². The zero-order valence-electron chi connectivity index (χ0n) is 10.0. The molecule has 2 aliphatic carbocycles. The molecule has 2 fully saturated rings. The van der Waals surface area contributed by atoms with Gasteiger partial charge in [-0.15, -0.1) is 0 Å². The third-order valence-electron chi connectivity index (χ3n) is 4.68. The molecule has 2 rings (SSSR count). The van der Waals surface area contributed by atoms with Crippen LogP contribution in [0.5, 0.6) is 0 Å². The Bertz CT molecular complexity index is 321. The Kier molecular flexibility index (Phi) is 3.40. The van der Waals surface area contributed by atoms with Crippen LogP contribution in [-0.2, 0) is 9.59 Å². The smallest absolute Gasteiger partial charge is 0.307 e. The predicted molar refractivity (Wildman–Crippen MR) is 61.6 cm³/mol. The summed E-state index contributed by atoms with van der Waals surface area (Å²) < 4.78 is 0. The predicted octanol–water partition coefficient (Wildman–Crippen LogP) is 2.52. The monoisotopic (exact) mass is 240 g/mol. The fraction of sp³-hybridized carbons (Fsp3) is 0.846. The standard InChI is InChI=1S/C13H20O4/c14-11(15)9-4-3-7-13(8-9)6-2-1-5-10(13)12(16)17/h9-10H,1-8H2,(H,14,15)(H,16,17)/t9-,10-,13+/m1/s1. The number of aliphatic carboxylic acids is 2. The van der Waals surface area contributed by atoms with Gasteiger partial charge >= 0.3 is 11.9 Å². The van der Waals surface area contributed by atoms with Crippen molar-refractivity contribution in [2.45, 2.75) is 51.4 Å². The molecule has 0 amide bonds. The van der Waals surface area contributed by atoms with Crippen molar-refractivity contribution in [2.24, 2.45) is 17.3 Å². The number of rotatable bonds is 2. The molecule has 0 saturated heterocycles. The van der Waals surface area contributed by atoms with Crippen molar-refractivity contribution in [2.75, 3.05) is 0 Å². The van der Waals surface area contributed by atoms with Crippen molar-refractivity contribution in [1.82, 2.24) is 0 Å². The molecule has 0 bridgehead atoms. The Balaban J connectivity index is 2.19. The van der Waals surface area contributed by atoms with E-state index >= 15 is 0 Å². The molecule has 2 saturated carbocycles. The average Bonchev–Trinajstić information content (AvgIpc) is 2.29. The van der Waals surface area contributed by atoms with Gasteiger partial charge in [0.2, 0.25) is 0 Å². The molecule has 3 atom stereocenters. The maximum Gasteiger partial charge on any atom is 0.307 e. The normalized spacial score (nSPS) is 37.9. The van der Waals surface area contributed by atoms with Crippen LogP contribution >= 0.6 is 0 Å². The third kappa shape index (κ3) is 2.31. The maximum atomic E-state index is 11.4. The summed E-state index contributed by atoms with van der Waals surface area (Å²) >= 11 is 0. The summed E-state index contributed by atoms with van der Waals surface area (Å²) in [5.41, 5.74) is -0.231. The highest BCUT2D eigenvalue weighted by Crippen LogP contribution is 2.52. The van der Waals surface area contributed by atoms with Crippen molar-refractivity contribution in [3.05, 3.63) is 0 Å². The summed E-state index contributed by atoms with van der Waals surface area (Å²) in [5, 5.41) is 18.5. The molecule has 0 aromatic heterocycles. The summed E-state index contributed by atoms with van der Waals surface area (Å²) in [5.74, 6) is -2.13. The lowest BCUT2D eigenvalue weighted by Gasteiger charge is -2.46. The lowest BCUT2D eigenvalue weighted by molar-refractivity contribution is -0.156. The van der Waals surface area contributed by atoms with Crippen molar-refractivity contribution >= 4 is 11.9 Å². The van der Waals surface area contributed by atoms with E-state index in [9.17, 15) is 14.7 Å². The molecule has 4 heteroatoms. The van der Waals surface area contributed by atoms with Gasteiger partial charge in [0.1, 0.15) is 0 Å². The lowest BCUT2D eigenvalue weighted by Crippen LogP contribution is -2.43. The summed E-state index contributed by atoms with van der Waals surface area (Å²) in [6, 6.07) is 0. The van der Waals surface area contributed by atoms with E-state index < -0.39 is 11.9 Å². The van der Waals surface area contributed by atoms with Gasteiger partial charge in [0.25, 0.3) is 0 Å². The second-order valence-corrected chi connectivity index (χ2v) is 5.63. The fourth-order valence-electron chi connectivity index (χ4n) is 3.84. The summed E-state index contributed by atoms with van der Waals surface area (Å²) in [7, 11) is 0. The molecular weight excluding hydrogens is 220 g/mol. The van der Waals surface area contributed by atoms with Crippen LogP contribution in [0.25, 0.3) is 0 Å². The topological polar surface area (TPSA) is 74.6 Å². The third-order valence-corrected chi connectivity index (χ3v) is 4.68. The average molecular weight is 240 g/mol. The van der Waals surface area contributed by atoms with Crippen LogP contribution < -0.4 is 0 Å². The van der Waals surface area contributed by atoms with Crippen molar-refractivity contribution in [1.29, 1.82) is 0 Å². The van der Waals surface area contributed by atoms with E-state index in [0.717, 1.165) is 38.5 Å². The van der Waals surface area contributed by atoms with Gasteiger partial charge in [0.05, 0.1) is 11.8 Å². The molecule has 0 aromatic rings. The largest absolute Gasteiger partial charge is 0.481 e. The highest BCUT2D eigenvalue weighted by atomic mass is 16.4. The van der Waals surface area contributed by atoms with E-state index in [1.807, 2.05) is 0 Å². The van der Waals surface area contributed by atoms with Crippen LogP contribution in [0.3, 0.4) is 0 Å². The van der Waals surface area contributed by atoms with Gasteiger partial charge in [-0.3, -0.25) is 9.59 Å².